The van der Waals surface area contributed by atoms with E-state index in [0.717, 1.165) is 28.7 Å². The molecule has 4 nitrogen and oxygen atoms in total. The van der Waals surface area contributed by atoms with Gasteiger partial charge in [-0.2, -0.15) is 0 Å². The third-order valence-corrected chi connectivity index (χ3v) is 3.83. The molecule has 1 aliphatic rings. The lowest BCUT2D eigenvalue weighted by molar-refractivity contribution is 0.111. The van der Waals surface area contributed by atoms with Gasteiger partial charge in [-0.3, -0.25) is 0 Å². The molecule has 0 saturated carbocycles. The minimum absolute atomic E-state index is 0.242. The van der Waals surface area contributed by atoms with Gasteiger partial charge in [-0.05, 0) is 25.8 Å². The predicted molar refractivity (Wildman–Crippen MR) is 82.1 cm³/mol. The molecule has 3 rings (SSSR count). The lowest BCUT2D eigenvalue weighted by Crippen LogP contribution is -2.35. The van der Waals surface area contributed by atoms with Gasteiger partial charge < -0.3 is 14.1 Å². The lowest BCUT2D eigenvalue weighted by atomic mass is 10.0. The van der Waals surface area contributed by atoms with Gasteiger partial charge >= 0.3 is 6.09 Å². The van der Waals surface area contributed by atoms with Crippen LogP contribution in [0.25, 0.3) is 16.3 Å². The number of carbonyl (C=O) groups is 1. The lowest BCUT2D eigenvalue weighted by Gasteiger charge is -2.25. The molecule has 0 bridgehead atoms. The first-order valence-corrected chi connectivity index (χ1v) is 7.30. The summed E-state index contributed by atoms with van der Waals surface area (Å²) in [6, 6.07) is 8.20. The maximum Gasteiger partial charge on any atom is 0.410 e. The van der Waals surface area contributed by atoms with Gasteiger partial charge in [-0.25, -0.2) is 4.79 Å². The average Bonchev–Trinajstić information content (AvgIpc) is 2.85. The van der Waals surface area contributed by atoms with Crippen LogP contribution in [0.5, 0.6) is 0 Å². The summed E-state index contributed by atoms with van der Waals surface area (Å²) in [7, 11) is 0. The number of hydrogen-bond acceptors (Lipinski definition) is 3. The summed E-state index contributed by atoms with van der Waals surface area (Å²) in [6.07, 6.45) is 2.61. The Kier molecular flexibility index (Phi) is 3.69. The van der Waals surface area contributed by atoms with Crippen LogP contribution in [0.2, 0.25) is 0 Å². The van der Waals surface area contributed by atoms with Gasteiger partial charge in [-0.1, -0.05) is 30.3 Å². The van der Waals surface area contributed by atoms with Gasteiger partial charge in [0.05, 0.1) is 6.61 Å². The summed E-state index contributed by atoms with van der Waals surface area (Å²) < 4.78 is 11.0. The first-order valence-electron chi connectivity index (χ1n) is 7.30. The third kappa shape index (κ3) is 2.53. The van der Waals surface area contributed by atoms with Crippen molar-refractivity contribution in [1.82, 2.24) is 4.90 Å². The van der Waals surface area contributed by atoms with Crippen molar-refractivity contribution >= 4 is 22.4 Å². The van der Waals surface area contributed by atoms with Gasteiger partial charge in [0.15, 0.2) is 0 Å². The number of furan rings is 1. The molecule has 2 aromatic rings. The minimum atomic E-state index is -0.242. The molecule has 0 atom stereocenters. The van der Waals surface area contributed by atoms with Crippen LogP contribution in [-0.2, 0) is 4.74 Å². The highest BCUT2D eigenvalue weighted by Crippen LogP contribution is 2.33. The van der Waals surface area contributed by atoms with Gasteiger partial charge in [-0.15, -0.1) is 0 Å². The molecule has 21 heavy (non-hydrogen) atoms. The van der Waals surface area contributed by atoms with Crippen molar-refractivity contribution in [2.24, 2.45) is 0 Å². The van der Waals surface area contributed by atoms with Crippen LogP contribution in [0.15, 0.2) is 34.8 Å². The van der Waals surface area contributed by atoms with E-state index in [1.165, 1.54) is 5.57 Å². The number of carbonyl (C=O) groups excluding carboxylic acids is 1. The fourth-order valence-electron chi connectivity index (χ4n) is 2.75. The topological polar surface area (TPSA) is 42.7 Å². The minimum Gasteiger partial charge on any atom is -0.460 e. The molecule has 0 fully saturated rings. The predicted octanol–water partition coefficient (Wildman–Crippen LogP) is 3.99. The van der Waals surface area contributed by atoms with E-state index >= 15 is 0 Å². The molecule has 1 aromatic carbocycles. The van der Waals surface area contributed by atoms with Crippen LogP contribution < -0.4 is 0 Å². The van der Waals surface area contributed by atoms with Crippen molar-refractivity contribution < 1.29 is 13.9 Å². The van der Waals surface area contributed by atoms with E-state index in [9.17, 15) is 4.79 Å². The number of nitrogens with zero attached hydrogens (tertiary/aromatic N) is 1. The number of amides is 1. The van der Waals surface area contributed by atoms with Crippen LogP contribution in [0, 0.1) is 6.92 Å². The fraction of sp³-hybridized carbons (Fsp3) is 0.353. The monoisotopic (exact) mass is 285 g/mol. The molecular formula is C17H19NO3. The molecule has 0 aliphatic carbocycles. The highest BCUT2D eigenvalue weighted by Gasteiger charge is 2.21. The zero-order valence-electron chi connectivity index (χ0n) is 12.4. The summed E-state index contributed by atoms with van der Waals surface area (Å²) in [5, 5.41) is 2.30. The second-order valence-corrected chi connectivity index (χ2v) is 5.16. The second-order valence-electron chi connectivity index (χ2n) is 5.16. The van der Waals surface area contributed by atoms with Crippen molar-refractivity contribution in [2.75, 3.05) is 19.7 Å². The Bertz CT molecular complexity index is 699. The number of fused-ring (bicyclic) bond motifs is 1. The average molecular weight is 285 g/mol. The van der Waals surface area contributed by atoms with Crippen molar-refractivity contribution in [3.05, 3.63) is 41.9 Å². The van der Waals surface area contributed by atoms with Gasteiger partial charge in [0.25, 0.3) is 0 Å². The summed E-state index contributed by atoms with van der Waals surface area (Å²) in [5.41, 5.74) is 1.17. The van der Waals surface area contributed by atoms with E-state index in [-0.39, 0.29) is 6.09 Å². The zero-order chi connectivity index (χ0) is 14.8. The highest BCUT2D eigenvalue weighted by molar-refractivity contribution is 5.94. The highest BCUT2D eigenvalue weighted by atomic mass is 16.6. The van der Waals surface area contributed by atoms with Crippen LogP contribution >= 0.6 is 0 Å². The van der Waals surface area contributed by atoms with Crippen molar-refractivity contribution in [2.45, 2.75) is 20.3 Å². The van der Waals surface area contributed by atoms with Crippen LogP contribution in [0.3, 0.4) is 0 Å². The Morgan fingerprint density at radius 2 is 2.10 bits per heavy atom. The zero-order valence-corrected chi connectivity index (χ0v) is 12.4. The van der Waals surface area contributed by atoms with Gasteiger partial charge in [0.1, 0.15) is 11.5 Å². The van der Waals surface area contributed by atoms with Crippen LogP contribution in [-0.4, -0.2) is 30.7 Å². The number of hydrogen-bond donors (Lipinski definition) is 0. The first-order chi connectivity index (χ1) is 10.2. The molecule has 110 valence electrons. The number of ether oxygens (including phenoxy) is 1. The van der Waals surface area contributed by atoms with E-state index in [2.05, 4.69) is 18.2 Å². The summed E-state index contributed by atoms with van der Waals surface area (Å²) >= 11 is 0. The Morgan fingerprint density at radius 1 is 1.33 bits per heavy atom. The smallest absolute Gasteiger partial charge is 0.410 e. The van der Waals surface area contributed by atoms with E-state index in [4.69, 9.17) is 9.15 Å². The summed E-state index contributed by atoms with van der Waals surface area (Å²) in [5.74, 6) is 1.88. The quantitative estimate of drug-likeness (QED) is 0.838. The maximum atomic E-state index is 11.7. The van der Waals surface area contributed by atoms with E-state index in [1.54, 1.807) is 4.90 Å². The molecule has 1 aliphatic heterocycles. The first kappa shape index (κ1) is 13.7. The molecule has 1 aromatic heterocycles. The number of benzene rings is 1. The standard InChI is InChI=1S/C17H19NO3/c1-3-20-17(19)18-10-8-13(9-11-18)16-15-7-5-4-6-14(15)12(2)21-16/h4-8H,3,9-11H2,1-2H3. The second kappa shape index (κ2) is 5.64. The van der Waals surface area contributed by atoms with Gasteiger partial charge in [0, 0.05) is 23.9 Å². The Labute approximate surface area is 124 Å². The Hall–Kier alpha value is -2.23. The molecule has 0 unspecified atom stereocenters. The van der Waals surface area contributed by atoms with Crippen LogP contribution in [0.4, 0.5) is 4.79 Å². The number of rotatable bonds is 2. The van der Waals surface area contributed by atoms with Crippen molar-refractivity contribution in [3.63, 3.8) is 0 Å². The fourth-order valence-corrected chi connectivity index (χ4v) is 2.75. The van der Waals surface area contributed by atoms with Gasteiger partial charge in [0.2, 0.25) is 0 Å². The summed E-state index contributed by atoms with van der Waals surface area (Å²) in [6.45, 7) is 5.45. The molecule has 2 heterocycles. The van der Waals surface area contributed by atoms with E-state index in [0.29, 0.717) is 19.7 Å². The van der Waals surface area contributed by atoms with E-state index < -0.39 is 0 Å². The normalized spacial score (nSPS) is 15.1. The maximum absolute atomic E-state index is 11.7. The van der Waals surface area contributed by atoms with Crippen LogP contribution in [0.1, 0.15) is 24.9 Å². The summed E-state index contributed by atoms with van der Waals surface area (Å²) in [4.78, 5) is 13.4. The Morgan fingerprint density at radius 3 is 2.76 bits per heavy atom. The molecule has 1 amide bonds. The molecular weight excluding hydrogens is 266 g/mol. The SMILES string of the molecule is CCOC(=O)N1CC=C(c2oc(C)c3ccccc23)CC1. The van der Waals surface area contributed by atoms with E-state index in [1.807, 2.05) is 26.0 Å². The largest absolute Gasteiger partial charge is 0.460 e. The molecule has 0 spiro atoms. The van der Waals surface area contributed by atoms with Crippen molar-refractivity contribution in [1.29, 1.82) is 0 Å². The molecule has 0 radical (unpaired) electrons. The molecule has 0 saturated heterocycles. The Balaban J connectivity index is 1.86. The van der Waals surface area contributed by atoms with Crippen molar-refractivity contribution in [3.8, 4) is 0 Å². The molecule has 0 N–H and O–H groups in total. The number of aryl methyl sites for hydroxylation is 1. The molecule has 4 heteroatoms. The third-order valence-electron chi connectivity index (χ3n) is 3.83.